The summed E-state index contributed by atoms with van der Waals surface area (Å²) in [4.78, 5) is 0. The molecule has 0 aromatic heterocycles. The largest absolute Gasteiger partial charge is 0.383 e. The van der Waals surface area contributed by atoms with Crippen LogP contribution in [0, 0.1) is 3.57 Å². The molecule has 0 bridgehead atoms. The SMILES string of the molecule is CCCS(=O)(=O)CCNc1ccc(I)cc1Cl. The van der Waals surface area contributed by atoms with Crippen molar-refractivity contribution < 1.29 is 8.42 Å². The van der Waals surface area contributed by atoms with E-state index in [1.54, 1.807) is 0 Å². The minimum atomic E-state index is -2.93. The van der Waals surface area contributed by atoms with E-state index in [-0.39, 0.29) is 11.5 Å². The van der Waals surface area contributed by atoms with Gasteiger partial charge in [-0.05, 0) is 47.2 Å². The Morgan fingerprint density at radius 3 is 2.65 bits per heavy atom. The number of halogens is 2. The first-order valence-electron chi connectivity index (χ1n) is 5.34. The Labute approximate surface area is 121 Å². The van der Waals surface area contributed by atoms with Crippen molar-refractivity contribution in [3.8, 4) is 0 Å². The third-order valence-electron chi connectivity index (χ3n) is 2.17. The number of rotatable bonds is 6. The molecular weight excluding hydrogens is 373 g/mol. The molecule has 0 aliphatic carbocycles. The highest BCUT2D eigenvalue weighted by Crippen LogP contribution is 2.23. The van der Waals surface area contributed by atoms with Crippen molar-refractivity contribution in [3.05, 3.63) is 26.8 Å². The standard InChI is InChI=1S/C11H15ClINO2S/c1-2-6-17(15,16)7-5-14-11-4-3-9(13)8-10(11)12/h3-4,8,14H,2,5-7H2,1H3. The lowest BCUT2D eigenvalue weighted by Crippen LogP contribution is -2.18. The van der Waals surface area contributed by atoms with Crippen LogP contribution in [-0.2, 0) is 9.84 Å². The lowest BCUT2D eigenvalue weighted by atomic mass is 10.3. The van der Waals surface area contributed by atoms with Gasteiger partial charge < -0.3 is 5.32 Å². The zero-order chi connectivity index (χ0) is 12.9. The number of sulfone groups is 1. The maximum atomic E-state index is 11.5. The second-order valence-corrected chi connectivity index (χ2v) is 7.66. The van der Waals surface area contributed by atoms with Crippen molar-refractivity contribution in [1.82, 2.24) is 0 Å². The van der Waals surface area contributed by atoms with Gasteiger partial charge in [0.1, 0.15) is 0 Å². The van der Waals surface area contributed by atoms with Gasteiger partial charge in [0.15, 0.2) is 9.84 Å². The number of anilines is 1. The minimum Gasteiger partial charge on any atom is -0.383 e. The molecule has 0 atom stereocenters. The summed E-state index contributed by atoms with van der Waals surface area (Å²) in [6.45, 7) is 2.25. The fraction of sp³-hybridized carbons (Fsp3) is 0.455. The van der Waals surface area contributed by atoms with Gasteiger partial charge in [-0.2, -0.15) is 0 Å². The molecule has 0 heterocycles. The van der Waals surface area contributed by atoms with Crippen LogP contribution in [0.2, 0.25) is 5.02 Å². The summed E-state index contributed by atoms with van der Waals surface area (Å²) in [6, 6.07) is 5.62. The van der Waals surface area contributed by atoms with Crippen LogP contribution in [0.4, 0.5) is 5.69 Å². The average Bonchev–Trinajstić information content (AvgIpc) is 2.21. The average molecular weight is 388 g/mol. The Kier molecular flexibility index (Phi) is 6.02. The van der Waals surface area contributed by atoms with E-state index in [9.17, 15) is 8.42 Å². The highest BCUT2D eigenvalue weighted by atomic mass is 127. The molecule has 1 N–H and O–H groups in total. The predicted octanol–water partition coefficient (Wildman–Crippen LogP) is 3.18. The van der Waals surface area contributed by atoms with Crippen LogP contribution in [0.25, 0.3) is 0 Å². The fourth-order valence-electron chi connectivity index (χ4n) is 1.39. The van der Waals surface area contributed by atoms with Crippen molar-refractivity contribution in [2.75, 3.05) is 23.4 Å². The second-order valence-electron chi connectivity index (χ2n) is 3.70. The van der Waals surface area contributed by atoms with Gasteiger partial charge in [-0.25, -0.2) is 8.42 Å². The topological polar surface area (TPSA) is 46.2 Å². The van der Waals surface area contributed by atoms with E-state index in [2.05, 4.69) is 27.9 Å². The van der Waals surface area contributed by atoms with Crippen molar-refractivity contribution in [2.45, 2.75) is 13.3 Å². The molecule has 1 aromatic carbocycles. The third-order valence-corrected chi connectivity index (χ3v) is 5.01. The Morgan fingerprint density at radius 2 is 2.06 bits per heavy atom. The molecule has 3 nitrogen and oxygen atoms in total. The number of hydrogen-bond donors (Lipinski definition) is 1. The van der Waals surface area contributed by atoms with Gasteiger partial charge in [-0.15, -0.1) is 0 Å². The summed E-state index contributed by atoms with van der Waals surface area (Å²) in [6.07, 6.45) is 0.659. The molecule has 1 rings (SSSR count). The Morgan fingerprint density at radius 1 is 1.35 bits per heavy atom. The lowest BCUT2D eigenvalue weighted by Gasteiger charge is -2.08. The minimum absolute atomic E-state index is 0.142. The van der Waals surface area contributed by atoms with Crippen LogP contribution >= 0.6 is 34.2 Å². The van der Waals surface area contributed by atoms with Crippen LogP contribution in [0.1, 0.15) is 13.3 Å². The molecule has 0 amide bonds. The maximum absolute atomic E-state index is 11.5. The van der Waals surface area contributed by atoms with E-state index in [1.807, 2.05) is 25.1 Å². The molecule has 0 unspecified atom stereocenters. The van der Waals surface area contributed by atoms with E-state index < -0.39 is 9.84 Å². The molecule has 0 radical (unpaired) electrons. The van der Waals surface area contributed by atoms with Gasteiger partial charge in [0.2, 0.25) is 0 Å². The highest BCUT2D eigenvalue weighted by Gasteiger charge is 2.09. The van der Waals surface area contributed by atoms with Crippen LogP contribution in [0.15, 0.2) is 18.2 Å². The van der Waals surface area contributed by atoms with Crippen molar-refractivity contribution in [3.63, 3.8) is 0 Å². The third kappa shape index (κ3) is 5.44. The molecule has 96 valence electrons. The summed E-state index contributed by atoms with van der Waals surface area (Å²) in [7, 11) is -2.93. The summed E-state index contributed by atoms with van der Waals surface area (Å²) < 4.78 is 24.0. The number of benzene rings is 1. The first-order valence-corrected chi connectivity index (χ1v) is 8.62. The molecule has 0 aliphatic rings. The van der Waals surface area contributed by atoms with Crippen LogP contribution in [0.5, 0.6) is 0 Å². The maximum Gasteiger partial charge on any atom is 0.152 e. The van der Waals surface area contributed by atoms with Gasteiger partial charge >= 0.3 is 0 Å². The van der Waals surface area contributed by atoms with Gasteiger partial charge in [-0.1, -0.05) is 18.5 Å². The smallest absolute Gasteiger partial charge is 0.152 e. The lowest BCUT2D eigenvalue weighted by molar-refractivity contribution is 0.595. The van der Waals surface area contributed by atoms with Crippen LogP contribution < -0.4 is 5.32 Å². The summed E-state index contributed by atoms with van der Waals surface area (Å²) in [5, 5.41) is 3.66. The molecule has 0 spiro atoms. The Bertz CT molecular complexity index is 476. The summed E-state index contributed by atoms with van der Waals surface area (Å²) in [5.41, 5.74) is 0.777. The first-order chi connectivity index (χ1) is 7.94. The Hall–Kier alpha value is -0.0100. The van der Waals surface area contributed by atoms with Gasteiger partial charge in [0.05, 0.1) is 16.5 Å². The molecule has 0 fully saturated rings. The normalized spacial score (nSPS) is 11.5. The van der Waals surface area contributed by atoms with Crippen molar-refractivity contribution >= 4 is 49.7 Å². The summed E-state index contributed by atoms with van der Waals surface area (Å²) >= 11 is 8.20. The number of nitrogens with one attached hydrogen (secondary N) is 1. The zero-order valence-corrected chi connectivity index (χ0v) is 13.3. The molecule has 1 aromatic rings. The molecule has 17 heavy (non-hydrogen) atoms. The monoisotopic (exact) mass is 387 g/mol. The van der Waals surface area contributed by atoms with Gasteiger partial charge in [0, 0.05) is 15.9 Å². The van der Waals surface area contributed by atoms with Crippen LogP contribution in [0.3, 0.4) is 0 Å². The first kappa shape index (κ1) is 15.0. The van der Waals surface area contributed by atoms with Crippen LogP contribution in [-0.4, -0.2) is 26.5 Å². The molecule has 0 saturated carbocycles. The zero-order valence-electron chi connectivity index (χ0n) is 9.54. The predicted molar refractivity (Wildman–Crippen MR) is 81.6 cm³/mol. The van der Waals surface area contributed by atoms with E-state index in [4.69, 9.17) is 11.6 Å². The van der Waals surface area contributed by atoms with Crippen molar-refractivity contribution in [2.24, 2.45) is 0 Å². The fourth-order valence-corrected chi connectivity index (χ4v) is 3.55. The second kappa shape index (κ2) is 6.80. The van der Waals surface area contributed by atoms with Crippen molar-refractivity contribution in [1.29, 1.82) is 0 Å². The molecular formula is C11H15ClINO2S. The molecule has 6 heteroatoms. The van der Waals surface area contributed by atoms with E-state index in [0.717, 1.165) is 9.26 Å². The Balaban J connectivity index is 2.51. The highest BCUT2D eigenvalue weighted by molar-refractivity contribution is 14.1. The quantitative estimate of drug-likeness (QED) is 0.763. The molecule has 0 aliphatic heterocycles. The molecule has 0 saturated heterocycles. The summed E-state index contributed by atoms with van der Waals surface area (Å²) in [5.74, 6) is 0.387. The van der Waals surface area contributed by atoms with Gasteiger partial charge in [-0.3, -0.25) is 0 Å². The van der Waals surface area contributed by atoms with E-state index in [0.29, 0.717) is 18.0 Å². The van der Waals surface area contributed by atoms with E-state index >= 15 is 0 Å². The van der Waals surface area contributed by atoms with Gasteiger partial charge in [0.25, 0.3) is 0 Å². The van der Waals surface area contributed by atoms with E-state index in [1.165, 1.54) is 0 Å². The number of hydrogen-bond acceptors (Lipinski definition) is 3.